The van der Waals surface area contributed by atoms with E-state index in [1.165, 1.54) is 11.3 Å². The van der Waals surface area contributed by atoms with Gasteiger partial charge in [0.25, 0.3) is 0 Å². The van der Waals surface area contributed by atoms with Crippen LogP contribution in [0, 0.1) is 0 Å². The van der Waals surface area contributed by atoms with Crippen LogP contribution in [0.25, 0.3) is 0 Å². The number of hydrogen-bond acceptors (Lipinski definition) is 4. The predicted molar refractivity (Wildman–Crippen MR) is 67.8 cm³/mol. The maximum absolute atomic E-state index is 6.08. The Bertz CT molecular complexity index is 439. The Morgan fingerprint density at radius 2 is 2.20 bits per heavy atom. The molecule has 2 heterocycles. The van der Waals surface area contributed by atoms with Crippen molar-refractivity contribution < 1.29 is 0 Å². The molecule has 2 nitrogen and oxygen atoms in total. The Labute approximate surface area is 106 Å². The van der Waals surface area contributed by atoms with Gasteiger partial charge in [0, 0.05) is 10.4 Å². The largest absolute Gasteiger partial charge is 0.271 e. The molecule has 2 aromatic heterocycles. The summed E-state index contributed by atoms with van der Waals surface area (Å²) >= 11 is 15.0. The van der Waals surface area contributed by atoms with Gasteiger partial charge in [-0.25, -0.2) is 5.43 Å². The maximum Gasteiger partial charge on any atom is 0.0996 e. The summed E-state index contributed by atoms with van der Waals surface area (Å²) in [6, 6.07) is 5.75. The van der Waals surface area contributed by atoms with Gasteiger partial charge in [-0.05, 0) is 17.5 Å². The van der Waals surface area contributed by atoms with Crippen molar-refractivity contribution in [3.63, 3.8) is 0 Å². The summed E-state index contributed by atoms with van der Waals surface area (Å²) in [5.41, 5.74) is 3.68. The summed E-state index contributed by atoms with van der Waals surface area (Å²) in [6.45, 7) is 0. The lowest BCUT2D eigenvalue weighted by Gasteiger charge is -2.12. The van der Waals surface area contributed by atoms with Gasteiger partial charge in [0.15, 0.2) is 0 Å². The van der Waals surface area contributed by atoms with E-state index in [4.69, 9.17) is 29.0 Å². The van der Waals surface area contributed by atoms with Crippen LogP contribution in [0.5, 0.6) is 0 Å². The molecule has 0 aliphatic carbocycles. The van der Waals surface area contributed by atoms with Crippen molar-refractivity contribution in [3.8, 4) is 0 Å². The van der Waals surface area contributed by atoms with Gasteiger partial charge in [-0.2, -0.15) is 0 Å². The van der Waals surface area contributed by atoms with Crippen LogP contribution in [0.15, 0.2) is 23.6 Å². The Kier molecular flexibility index (Phi) is 3.66. The van der Waals surface area contributed by atoms with Crippen molar-refractivity contribution >= 4 is 45.9 Å². The molecule has 0 aliphatic heterocycles. The lowest BCUT2D eigenvalue weighted by atomic mass is 10.1. The van der Waals surface area contributed by atoms with E-state index in [0.29, 0.717) is 8.67 Å². The average Bonchev–Trinajstić information content (AvgIpc) is 2.79. The van der Waals surface area contributed by atoms with Crippen molar-refractivity contribution in [1.29, 1.82) is 0 Å². The molecule has 0 bridgehead atoms. The fraction of sp³-hybridized carbons (Fsp3) is 0.111. The summed E-state index contributed by atoms with van der Waals surface area (Å²) in [5, 5.41) is 2.00. The first-order chi connectivity index (χ1) is 7.22. The fourth-order valence-corrected chi connectivity index (χ4v) is 3.67. The van der Waals surface area contributed by atoms with Crippen LogP contribution in [0.1, 0.15) is 16.5 Å². The highest BCUT2D eigenvalue weighted by atomic mass is 35.5. The molecule has 0 saturated heterocycles. The molecule has 0 aliphatic rings. The molecular formula is C9H8Cl2N2S2. The monoisotopic (exact) mass is 278 g/mol. The first kappa shape index (κ1) is 11.4. The van der Waals surface area contributed by atoms with Crippen LogP contribution in [-0.2, 0) is 0 Å². The fourth-order valence-electron chi connectivity index (χ4n) is 1.33. The first-order valence-corrected chi connectivity index (χ1v) is 6.62. The minimum atomic E-state index is -0.0822. The van der Waals surface area contributed by atoms with Crippen LogP contribution in [0.3, 0.4) is 0 Å². The smallest absolute Gasteiger partial charge is 0.0996 e. The first-order valence-electron chi connectivity index (χ1n) is 4.16. The highest BCUT2D eigenvalue weighted by molar-refractivity contribution is 7.20. The van der Waals surface area contributed by atoms with Crippen molar-refractivity contribution in [2.24, 2.45) is 5.84 Å². The zero-order valence-corrected chi connectivity index (χ0v) is 10.7. The third-order valence-corrected chi connectivity index (χ3v) is 4.44. The molecule has 0 spiro atoms. The Morgan fingerprint density at radius 3 is 2.67 bits per heavy atom. The van der Waals surface area contributed by atoms with Crippen LogP contribution < -0.4 is 11.3 Å². The third-order valence-electron chi connectivity index (χ3n) is 1.99. The molecule has 3 N–H and O–H groups in total. The van der Waals surface area contributed by atoms with E-state index in [1.54, 1.807) is 11.3 Å². The molecule has 1 unspecified atom stereocenters. The van der Waals surface area contributed by atoms with Crippen molar-refractivity contribution in [1.82, 2.24) is 5.43 Å². The molecule has 0 saturated carbocycles. The predicted octanol–water partition coefficient (Wildman–Crippen LogP) is 3.67. The molecule has 1 atom stereocenters. The van der Waals surface area contributed by atoms with E-state index in [0.717, 1.165) is 10.4 Å². The van der Waals surface area contributed by atoms with Gasteiger partial charge in [0.05, 0.1) is 14.7 Å². The molecule has 2 rings (SSSR count). The number of thiophene rings is 2. The second-order valence-electron chi connectivity index (χ2n) is 2.89. The van der Waals surface area contributed by atoms with E-state index in [2.05, 4.69) is 5.43 Å². The van der Waals surface area contributed by atoms with Crippen molar-refractivity contribution in [3.05, 3.63) is 42.7 Å². The van der Waals surface area contributed by atoms with Gasteiger partial charge in [-0.15, -0.1) is 22.7 Å². The zero-order valence-electron chi connectivity index (χ0n) is 7.54. The summed E-state index contributed by atoms with van der Waals surface area (Å²) < 4.78 is 1.35. The van der Waals surface area contributed by atoms with Crippen LogP contribution >= 0.6 is 45.9 Å². The van der Waals surface area contributed by atoms with Gasteiger partial charge in [0.1, 0.15) is 0 Å². The minimum absolute atomic E-state index is 0.0822. The lowest BCUT2D eigenvalue weighted by Crippen LogP contribution is -2.28. The lowest BCUT2D eigenvalue weighted by molar-refractivity contribution is 0.648. The van der Waals surface area contributed by atoms with Crippen LogP contribution in [0.2, 0.25) is 8.67 Å². The van der Waals surface area contributed by atoms with Gasteiger partial charge in [0.2, 0.25) is 0 Å². The van der Waals surface area contributed by atoms with Gasteiger partial charge in [-0.1, -0.05) is 29.3 Å². The molecule has 0 fully saturated rings. The summed E-state index contributed by atoms with van der Waals surface area (Å²) in [4.78, 5) is 1.12. The van der Waals surface area contributed by atoms with Crippen LogP contribution in [-0.4, -0.2) is 0 Å². The standard InChI is InChI=1S/C9H8Cl2N2S2/c10-7-4-5(9(11)15-7)8(13-12)6-2-1-3-14-6/h1-4,8,13H,12H2. The molecule has 2 aromatic rings. The van der Waals surface area contributed by atoms with Gasteiger partial charge < -0.3 is 0 Å². The summed E-state index contributed by atoms with van der Waals surface area (Å²) in [5.74, 6) is 5.53. The Balaban J connectivity index is 2.39. The van der Waals surface area contributed by atoms with E-state index >= 15 is 0 Å². The molecule has 6 heteroatoms. The van der Waals surface area contributed by atoms with Gasteiger partial charge >= 0.3 is 0 Å². The average molecular weight is 279 g/mol. The highest BCUT2D eigenvalue weighted by Crippen LogP contribution is 2.38. The molecule has 80 valence electrons. The number of rotatable bonds is 3. The van der Waals surface area contributed by atoms with Crippen LogP contribution in [0.4, 0.5) is 0 Å². The SMILES string of the molecule is NNC(c1cccs1)c1cc(Cl)sc1Cl. The van der Waals surface area contributed by atoms with E-state index in [9.17, 15) is 0 Å². The highest BCUT2D eigenvalue weighted by Gasteiger charge is 2.18. The molecule has 0 amide bonds. The van der Waals surface area contributed by atoms with E-state index < -0.39 is 0 Å². The molecule has 0 radical (unpaired) electrons. The van der Waals surface area contributed by atoms with E-state index in [-0.39, 0.29) is 6.04 Å². The second-order valence-corrected chi connectivity index (χ2v) is 6.16. The number of halogens is 2. The van der Waals surface area contributed by atoms with Crippen molar-refractivity contribution in [2.45, 2.75) is 6.04 Å². The van der Waals surface area contributed by atoms with Gasteiger partial charge in [-0.3, -0.25) is 5.84 Å². The minimum Gasteiger partial charge on any atom is -0.271 e. The number of hydrogen-bond donors (Lipinski definition) is 2. The Morgan fingerprint density at radius 1 is 1.40 bits per heavy atom. The topological polar surface area (TPSA) is 38.0 Å². The number of nitrogens with two attached hydrogens (primary N) is 1. The quantitative estimate of drug-likeness (QED) is 0.664. The number of hydrazine groups is 1. The molecule has 0 aromatic carbocycles. The second kappa shape index (κ2) is 4.82. The third kappa shape index (κ3) is 2.36. The van der Waals surface area contributed by atoms with Crippen molar-refractivity contribution in [2.75, 3.05) is 0 Å². The summed E-state index contributed by atoms with van der Waals surface area (Å²) in [6.07, 6.45) is 0. The molecular weight excluding hydrogens is 271 g/mol. The normalized spacial score (nSPS) is 13.0. The summed E-state index contributed by atoms with van der Waals surface area (Å²) in [7, 11) is 0. The zero-order chi connectivity index (χ0) is 10.8. The number of nitrogens with one attached hydrogen (secondary N) is 1. The Hall–Kier alpha value is -0.100. The van der Waals surface area contributed by atoms with E-state index in [1.807, 2.05) is 23.6 Å². The maximum atomic E-state index is 6.08. The molecule has 15 heavy (non-hydrogen) atoms.